The van der Waals surface area contributed by atoms with E-state index in [2.05, 4.69) is 34.0 Å². The summed E-state index contributed by atoms with van der Waals surface area (Å²) in [6.45, 7) is 2.78. The Morgan fingerprint density at radius 2 is 1.84 bits per heavy atom. The SMILES string of the molecule is CN(c1nc2ccccc2n1Cc1ccc(F)cc1)C1CCNCC1. The van der Waals surface area contributed by atoms with Crippen molar-refractivity contribution in [2.75, 3.05) is 25.0 Å². The van der Waals surface area contributed by atoms with Crippen LogP contribution in [0.2, 0.25) is 0 Å². The number of nitrogens with one attached hydrogen (secondary N) is 1. The van der Waals surface area contributed by atoms with Gasteiger partial charge in [-0.25, -0.2) is 9.37 Å². The molecule has 5 heteroatoms. The largest absolute Gasteiger partial charge is 0.342 e. The van der Waals surface area contributed by atoms with Crippen LogP contribution in [0.5, 0.6) is 0 Å². The minimum atomic E-state index is -0.203. The maximum Gasteiger partial charge on any atom is 0.206 e. The summed E-state index contributed by atoms with van der Waals surface area (Å²) in [4.78, 5) is 7.21. The Morgan fingerprint density at radius 3 is 2.60 bits per heavy atom. The van der Waals surface area contributed by atoms with Crippen molar-refractivity contribution in [2.24, 2.45) is 0 Å². The van der Waals surface area contributed by atoms with Crippen LogP contribution in [0.4, 0.5) is 10.3 Å². The normalized spacial score (nSPS) is 15.6. The van der Waals surface area contributed by atoms with E-state index in [1.807, 2.05) is 24.3 Å². The zero-order chi connectivity index (χ0) is 17.2. The lowest BCUT2D eigenvalue weighted by Crippen LogP contribution is -2.42. The standard InChI is InChI=1S/C20H23FN4/c1-24(17-10-12-22-13-11-17)20-23-18-4-2-3-5-19(18)25(20)14-15-6-8-16(21)9-7-15/h2-9,17,22H,10-14H2,1H3. The van der Waals surface area contributed by atoms with Crippen molar-refractivity contribution in [2.45, 2.75) is 25.4 Å². The number of anilines is 1. The Balaban J connectivity index is 1.73. The highest BCUT2D eigenvalue weighted by Gasteiger charge is 2.23. The molecule has 4 rings (SSSR count). The second-order valence-corrected chi connectivity index (χ2v) is 6.71. The topological polar surface area (TPSA) is 33.1 Å². The summed E-state index contributed by atoms with van der Waals surface area (Å²) in [5.41, 5.74) is 3.19. The van der Waals surface area contributed by atoms with Crippen molar-refractivity contribution in [1.29, 1.82) is 0 Å². The lowest BCUT2D eigenvalue weighted by atomic mass is 10.1. The van der Waals surface area contributed by atoms with E-state index in [0.717, 1.165) is 48.5 Å². The van der Waals surface area contributed by atoms with Crippen molar-refractivity contribution >= 4 is 17.0 Å². The lowest BCUT2D eigenvalue weighted by Gasteiger charge is -2.32. The molecule has 0 spiro atoms. The number of hydrogen-bond donors (Lipinski definition) is 1. The maximum atomic E-state index is 13.2. The predicted octanol–water partition coefficient (Wildman–Crippen LogP) is 3.41. The number of rotatable bonds is 4. The van der Waals surface area contributed by atoms with E-state index >= 15 is 0 Å². The Kier molecular flexibility index (Phi) is 4.40. The van der Waals surface area contributed by atoms with Gasteiger partial charge in [-0.05, 0) is 55.8 Å². The summed E-state index contributed by atoms with van der Waals surface area (Å²) >= 11 is 0. The highest BCUT2D eigenvalue weighted by Crippen LogP contribution is 2.26. The van der Waals surface area contributed by atoms with Crippen molar-refractivity contribution in [3.05, 3.63) is 59.9 Å². The van der Waals surface area contributed by atoms with Crippen molar-refractivity contribution < 1.29 is 4.39 Å². The van der Waals surface area contributed by atoms with Crippen LogP contribution < -0.4 is 10.2 Å². The molecule has 1 aliphatic rings. The molecule has 1 aromatic heterocycles. The number of para-hydroxylation sites is 2. The van der Waals surface area contributed by atoms with Gasteiger partial charge in [0.2, 0.25) is 5.95 Å². The van der Waals surface area contributed by atoms with E-state index in [4.69, 9.17) is 4.98 Å². The first-order chi connectivity index (χ1) is 12.2. The molecule has 0 unspecified atom stereocenters. The molecule has 1 N–H and O–H groups in total. The first-order valence-corrected chi connectivity index (χ1v) is 8.85. The van der Waals surface area contributed by atoms with Crippen molar-refractivity contribution in [3.8, 4) is 0 Å². The Morgan fingerprint density at radius 1 is 1.12 bits per heavy atom. The van der Waals surface area contributed by atoms with Crippen LogP contribution in [0.1, 0.15) is 18.4 Å². The molecular weight excluding hydrogens is 315 g/mol. The Labute approximate surface area is 147 Å². The van der Waals surface area contributed by atoms with Crippen molar-refractivity contribution in [3.63, 3.8) is 0 Å². The highest BCUT2D eigenvalue weighted by atomic mass is 19.1. The number of piperidine rings is 1. The van der Waals surface area contributed by atoms with Gasteiger partial charge in [-0.3, -0.25) is 0 Å². The zero-order valence-corrected chi connectivity index (χ0v) is 14.5. The molecular formula is C20H23FN4. The fourth-order valence-electron chi connectivity index (χ4n) is 3.62. The molecule has 0 aliphatic carbocycles. The van der Waals surface area contributed by atoms with E-state index in [9.17, 15) is 4.39 Å². The van der Waals surface area contributed by atoms with Gasteiger partial charge in [0.05, 0.1) is 17.6 Å². The van der Waals surface area contributed by atoms with Gasteiger partial charge in [0.15, 0.2) is 0 Å². The molecule has 0 radical (unpaired) electrons. The van der Waals surface area contributed by atoms with Gasteiger partial charge in [-0.1, -0.05) is 24.3 Å². The van der Waals surface area contributed by atoms with Crippen LogP contribution >= 0.6 is 0 Å². The first-order valence-electron chi connectivity index (χ1n) is 8.85. The van der Waals surface area contributed by atoms with Crippen LogP contribution in [0.3, 0.4) is 0 Å². The van der Waals surface area contributed by atoms with Gasteiger partial charge in [-0.15, -0.1) is 0 Å². The van der Waals surface area contributed by atoms with Crippen LogP contribution in [-0.2, 0) is 6.54 Å². The number of hydrogen-bond acceptors (Lipinski definition) is 3. The third-order valence-corrected chi connectivity index (χ3v) is 5.06. The van der Waals surface area contributed by atoms with Crippen LogP contribution in [0.25, 0.3) is 11.0 Å². The molecule has 0 saturated carbocycles. The molecule has 1 fully saturated rings. The number of fused-ring (bicyclic) bond motifs is 1. The number of nitrogens with zero attached hydrogens (tertiary/aromatic N) is 3. The minimum Gasteiger partial charge on any atom is -0.342 e. The van der Waals surface area contributed by atoms with Gasteiger partial charge >= 0.3 is 0 Å². The fraction of sp³-hybridized carbons (Fsp3) is 0.350. The molecule has 130 valence electrons. The van der Waals surface area contributed by atoms with E-state index in [1.165, 1.54) is 12.1 Å². The summed E-state index contributed by atoms with van der Waals surface area (Å²) in [5.74, 6) is 0.781. The van der Waals surface area contributed by atoms with Crippen molar-refractivity contribution in [1.82, 2.24) is 14.9 Å². The molecule has 3 aromatic rings. The van der Waals surface area contributed by atoms with E-state index in [-0.39, 0.29) is 5.82 Å². The minimum absolute atomic E-state index is 0.203. The second-order valence-electron chi connectivity index (χ2n) is 6.71. The molecule has 0 bridgehead atoms. The summed E-state index contributed by atoms with van der Waals surface area (Å²) in [6, 6.07) is 15.4. The molecule has 4 nitrogen and oxygen atoms in total. The van der Waals surface area contributed by atoms with E-state index in [0.29, 0.717) is 12.6 Å². The molecule has 1 saturated heterocycles. The molecule has 25 heavy (non-hydrogen) atoms. The highest BCUT2D eigenvalue weighted by molar-refractivity contribution is 5.79. The summed E-state index contributed by atoms with van der Waals surface area (Å²) in [7, 11) is 2.14. The maximum absolute atomic E-state index is 13.2. The third kappa shape index (κ3) is 3.24. The number of aromatic nitrogens is 2. The third-order valence-electron chi connectivity index (χ3n) is 5.06. The van der Waals surface area contributed by atoms with E-state index in [1.54, 1.807) is 0 Å². The molecule has 1 aliphatic heterocycles. The van der Waals surface area contributed by atoms with Crippen LogP contribution in [0.15, 0.2) is 48.5 Å². The summed E-state index contributed by atoms with van der Waals surface area (Å²) in [6.07, 6.45) is 2.24. The van der Waals surface area contributed by atoms with E-state index < -0.39 is 0 Å². The number of imidazole rings is 1. The molecule has 0 amide bonds. The number of benzene rings is 2. The monoisotopic (exact) mass is 338 g/mol. The average molecular weight is 338 g/mol. The summed E-state index contributed by atoms with van der Waals surface area (Å²) in [5, 5.41) is 3.42. The van der Waals surface area contributed by atoms with Gasteiger partial charge in [0.1, 0.15) is 5.82 Å². The molecule has 2 aromatic carbocycles. The first kappa shape index (κ1) is 16.1. The van der Waals surface area contributed by atoms with Gasteiger partial charge in [0, 0.05) is 13.1 Å². The lowest BCUT2D eigenvalue weighted by molar-refractivity contribution is 0.437. The number of halogens is 1. The van der Waals surface area contributed by atoms with Gasteiger partial charge < -0.3 is 14.8 Å². The Bertz CT molecular complexity index is 850. The molecule has 0 atom stereocenters. The smallest absolute Gasteiger partial charge is 0.206 e. The fourth-order valence-corrected chi connectivity index (χ4v) is 3.62. The zero-order valence-electron chi connectivity index (χ0n) is 14.5. The van der Waals surface area contributed by atoms with Crippen LogP contribution in [0, 0.1) is 5.82 Å². The summed E-state index contributed by atoms with van der Waals surface area (Å²) < 4.78 is 15.5. The molecule has 2 heterocycles. The Hall–Kier alpha value is -2.40. The predicted molar refractivity (Wildman–Crippen MR) is 99.5 cm³/mol. The van der Waals surface area contributed by atoms with Gasteiger partial charge in [0.25, 0.3) is 0 Å². The quantitative estimate of drug-likeness (QED) is 0.791. The average Bonchev–Trinajstić information content (AvgIpc) is 3.02. The van der Waals surface area contributed by atoms with Crippen LogP contribution in [-0.4, -0.2) is 35.7 Å². The second kappa shape index (κ2) is 6.84. The van der Waals surface area contributed by atoms with Gasteiger partial charge in [-0.2, -0.15) is 0 Å².